The fourth-order valence-electron chi connectivity index (χ4n) is 2.69. The van der Waals surface area contributed by atoms with Gasteiger partial charge in [-0.1, -0.05) is 20.8 Å². The lowest BCUT2D eigenvalue weighted by Gasteiger charge is -2.35. The predicted molar refractivity (Wildman–Crippen MR) is 78.3 cm³/mol. The number of oxazole rings is 1. The quantitative estimate of drug-likeness (QED) is 0.888. The second kappa shape index (κ2) is 6.42. The maximum atomic E-state index is 5.64. The molecule has 1 saturated heterocycles. The Morgan fingerprint density at radius 2 is 2.26 bits per heavy atom. The first-order chi connectivity index (χ1) is 9.06. The summed E-state index contributed by atoms with van der Waals surface area (Å²) >= 11 is 0. The molecule has 1 fully saturated rings. The lowest BCUT2D eigenvalue weighted by Crippen LogP contribution is -2.40. The summed E-state index contributed by atoms with van der Waals surface area (Å²) in [6.45, 7) is 11.9. The molecule has 0 radical (unpaired) electrons. The summed E-state index contributed by atoms with van der Waals surface area (Å²) in [5.41, 5.74) is 1.00. The van der Waals surface area contributed by atoms with E-state index in [0.717, 1.165) is 37.3 Å². The van der Waals surface area contributed by atoms with Gasteiger partial charge in [0.05, 0.1) is 5.69 Å². The van der Waals surface area contributed by atoms with Gasteiger partial charge in [0.25, 0.3) is 6.01 Å². The van der Waals surface area contributed by atoms with E-state index in [1.54, 1.807) is 6.26 Å². The third-order valence-electron chi connectivity index (χ3n) is 3.78. The highest BCUT2D eigenvalue weighted by atomic mass is 16.4. The molecule has 108 valence electrons. The van der Waals surface area contributed by atoms with Crippen LogP contribution in [0.15, 0.2) is 10.7 Å². The van der Waals surface area contributed by atoms with Crippen molar-refractivity contribution in [3.8, 4) is 0 Å². The Balaban J connectivity index is 1.89. The third-order valence-corrected chi connectivity index (χ3v) is 3.78. The van der Waals surface area contributed by atoms with Crippen LogP contribution in [-0.2, 0) is 6.54 Å². The van der Waals surface area contributed by atoms with Crippen LogP contribution in [0.1, 0.15) is 46.2 Å². The smallest absolute Gasteiger partial charge is 0.297 e. The molecule has 0 amide bonds. The molecule has 4 nitrogen and oxygen atoms in total. The lowest BCUT2D eigenvalue weighted by atomic mass is 9.94. The highest BCUT2D eigenvalue weighted by Gasteiger charge is 2.26. The van der Waals surface area contributed by atoms with Gasteiger partial charge in [-0.15, -0.1) is 0 Å². The maximum absolute atomic E-state index is 5.64. The molecule has 0 aromatic carbocycles. The first kappa shape index (κ1) is 14.4. The molecule has 0 aliphatic carbocycles. The number of hydrogen-bond donors (Lipinski definition) is 1. The highest BCUT2D eigenvalue weighted by molar-refractivity contribution is 5.29. The zero-order valence-corrected chi connectivity index (χ0v) is 12.6. The Labute approximate surface area is 116 Å². The minimum absolute atomic E-state index is 0.527. The van der Waals surface area contributed by atoms with E-state index in [2.05, 4.69) is 42.9 Å². The van der Waals surface area contributed by atoms with Crippen LogP contribution in [0.2, 0.25) is 0 Å². The van der Waals surface area contributed by atoms with E-state index in [1.165, 1.54) is 12.8 Å². The molecule has 1 N–H and O–H groups in total. The van der Waals surface area contributed by atoms with Gasteiger partial charge >= 0.3 is 0 Å². The number of nitrogens with zero attached hydrogens (tertiary/aromatic N) is 2. The molecular formula is C15H27N3O. The van der Waals surface area contributed by atoms with Gasteiger partial charge in [-0.25, -0.2) is 0 Å². The van der Waals surface area contributed by atoms with Crippen LogP contribution in [0, 0.1) is 11.8 Å². The number of hydrogen-bond acceptors (Lipinski definition) is 4. The minimum Gasteiger partial charge on any atom is -0.432 e. The van der Waals surface area contributed by atoms with Gasteiger partial charge in [-0.2, -0.15) is 4.98 Å². The Bertz CT molecular complexity index is 388. The van der Waals surface area contributed by atoms with Crippen molar-refractivity contribution in [1.82, 2.24) is 10.3 Å². The highest BCUT2D eigenvalue weighted by Crippen LogP contribution is 2.27. The van der Waals surface area contributed by atoms with Crippen molar-refractivity contribution in [1.29, 1.82) is 0 Å². The van der Waals surface area contributed by atoms with Crippen molar-refractivity contribution < 1.29 is 4.42 Å². The second-order valence-electron chi connectivity index (χ2n) is 6.32. The van der Waals surface area contributed by atoms with E-state index in [1.807, 2.05) is 0 Å². The van der Waals surface area contributed by atoms with Gasteiger partial charge < -0.3 is 14.6 Å². The van der Waals surface area contributed by atoms with Crippen LogP contribution in [0.5, 0.6) is 0 Å². The fraction of sp³-hybridized carbons (Fsp3) is 0.800. The predicted octanol–water partition coefficient (Wildman–Crippen LogP) is 3.05. The van der Waals surface area contributed by atoms with Crippen molar-refractivity contribution >= 4 is 6.01 Å². The number of aromatic nitrogens is 1. The summed E-state index contributed by atoms with van der Waals surface area (Å²) in [7, 11) is 0. The van der Waals surface area contributed by atoms with E-state index in [0.29, 0.717) is 12.0 Å². The van der Waals surface area contributed by atoms with Gasteiger partial charge in [0.2, 0.25) is 0 Å². The molecular weight excluding hydrogens is 238 g/mol. The summed E-state index contributed by atoms with van der Waals surface area (Å²) in [5.74, 6) is 1.48. The summed E-state index contributed by atoms with van der Waals surface area (Å²) in [4.78, 5) is 6.90. The van der Waals surface area contributed by atoms with Crippen molar-refractivity contribution in [3.05, 3.63) is 12.0 Å². The molecule has 1 aliphatic heterocycles. The van der Waals surface area contributed by atoms with Crippen LogP contribution < -0.4 is 10.2 Å². The van der Waals surface area contributed by atoms with Crippen molar-refractivity contribution in [2.75, 3.05) is 18.0 Å². The van der Waals surface area contributed by atoms with Gasteiger partial charge in [0, 0.05) is 19.1 Å². The zero-order chi connectivity index (χ0) is 13.8. The number of rotatable bonds is 5. The van der Waals surface area contributed by atoms with Crippen molar-refractivity contribution in [3.63, 3.8) is 0 Å². The normalized spacial score (nSPS) is 24.2. The van der Waals surface area contributed by atoms with Gasteiger partial charge in [-0.3, -0.25) is 0 Å². The molecule has 2 rings (SSSR count). The number of piperidine rings is 1. The average molecular weight is 265 g/mol. The summed E-state index contributed by atoms with van der Waals surface area (Å²) in [6.07, 6.45) is 4.24. The van der Waals surface area contributed by atoms with Gasteiger partial charge in [0.1, 0.15) is 6.26 Å². The van der Waals surface area contributed by atoms with Crippen LogP contribution in [-0.4, -0.2) is 24.1 Å². The lowest BCUT2D eigenvalue weighted by molar-refractivity contribution is 0.357. The molecule has 1 aromatic rings. The van der Waals surface area contributed by atoms with Crippen molar-refractivity contribution in [2.24, 2.45) is 11.8 Å². The molecule has 2 atom stereocenters. The Hall–Kier alpha value is -1.03. The topological polar surface area (TPSA) is 41.3 Å². The number of nitrogens with one attached hydrogen (secondary N) is 1. The molecule has 19 heavy (non-hydrogen) atoms. The van der Waals surface area contributed by atoms with E-state index in [-0.39, 0.29) is 0 Å². The molecule has 4 heteroatoms. The van der Waals surface area contributed by atoms with Crippen molar-refractivity contribution in [2.45, 2.75) is 53.1 Å². The van der Waals surface area contributed by atoms with Gasteiger partial charge in [0.15, 0.2) is 0 Å². The SMILES string of the molecule is CC(C)CNCc1coc(N2CCC(C)CC2C)n1. The Morgan fingerprint density at radius 1 is 1.47 bits per heavy atom. The molecule has 2 heterocycles. The maximum Gasteiger partial charge on any atom is 0.297 e. The van der Waals surface area contributed by atoms with E-state index in [4.69, 9.17) is 4.42 Å². The molecule has 0 saturated carbocycles. The zero-order valence-electron chi connectivity index (χ0n) is 12.6. The van der Waals surface area contributed by atoms with Crippen LogP contribution in [0.3, 0.4) is 0 Å². The van der Waals surface area contributed by atoms with E-state index < -0.39 is 0 Å². The van der Waals surface area contributed by atoms with Gasteiger partial charge in [-0.05, 0) is 38.1 Å². The summed E-state index contributed by atoms with van der Waals surface area (Å²) in [5, 5.41) is 3.39. The third kappa shape index (κ3) is 3.96. The Kier molecular flexibility index (Phi) is 4.86. The number of anilines is 1. The summed E-state index contributed by atoms with van der Waals surface area (Å²) < 4.78 is 5.64. The van der Waals surface area contributed by atoms with E-state index >= 15 is 0 Å². The summed E-state index contributed by atoms with van der Waals surface area (Å²) in [6, 6.07) is 1.32. The second-order valence-corrected chi connectivity index (χ2v) is 6.32. The van der Waals surface area contributed by atoms with Crippen LogP contribution in [0.4, 0.5) is 6.01 Å². The molecule has 2 unspecified atom stereocenters. The molecule has 0 spiro atoms. The van der Waals surface area contributed by atoms with Crippen LogP contribution in [0.25, 0.3) is 0 Å². The standard InChI is InChI=1S/C15H27N3O/c1-11(2)8-16-9-14-10-19-15(17-14)18-6-5-12(3)7-13(18)4/h10-13,16H,5-9H2,1-4H3. The minimum atomic E-state index is 0.527. The Morgan fingerprint density at radius 3 is 2.95 bits per heavy atom. The largest absolute Gasteiger partial charge is 0.432 e. The average Bonchev–Trinajstić information content (AvgIpc) is 2.77. The van der Waals surface area contributed by atoms with E-state index in [9.17, 15) is 0 Å². The van der Waals surface area contributed by atoms with Crippen LogP contribution >= 0.6 is 0 Å². The molecule has 1 aliphatic rings. The monoisotopic (exact) mass is 265 g/mol. The molecule has 1 aromatic heterocycles. The first-order valence-corrected chi connectivity index (χ1v) is 7.48. The fourth-order valence-corrected chi connectivity index (χ4v) is 2.69. The first-order valence-electron chi connectivity index (χ1n) is 7.48. The molecule has 0 bridgehead atoms.